The van der Waals surface area contributed by atoms with Crippen molar-refractivity contribution in [3.8, 4) is 17.1 Å². The van der Waals surface area contributed by atoms with E-state index >= 15 is 0 Å². The predicted molar refractivity (Wildman–Crippen MR) is 92.4 cm³/mol. The number of hydrogen-bond acceptors (Lipinski definition) is 5. The van der Waals surface area contributed by atoms with Crippen molar-refractivity contribution >= 4 is 17.2 Å². The molecule has 1 N–H and O–H groups in total. The summed E-state index contributed by atoms with van der Waals surface area (Å²) in [6.45, 7) is 0. The van der Waals surface area contributed by atoms with Gasteiger partial charge < -0.3 is 10.1 Å². The average Bonchev–Trinajstić information content (AvgIpc) is 3.07. The number of anilines is 2. The molecule has 0 radical (unpaired) electrons. The van der Waals surface area contributed by atoms with Crippen LogP contribution in [0.4, 0.5) is 20.3 Å². The summed E-state index contributed by atoms with van der Waals surface area (Å²) in [4.78, 5) is 0. The maximum absolute atomic E-state index is 14.1. The minimum absolute atomic E-state index is 0.118. The standard InChI is InChI=1S/C18H13F2N5O/c1-26-15-10-11(6-7-14(15)20)21-16-8-9-17-22-23-18(25(17)24-16)12-4-2-3-5-13(12)19/h2-10H,1H3,(H,21,24). The monoisotopic (exact) mass is 353 g/mol. The van der Waals surface area contributed by atoms with Gasteiger partial charge in [-0.05, 0) is 36.4 Å². The molecule has 6 nitrogen and oxygen atoms in total. The number of fused-ring (bicyclic) bond motifs is 1. The number of hydrogen-bond donors (Lipinski definition) is 1. The zero-order valence-corrected chi connectivity index (χ0v) is 13.6. The van der Waals surface area contributed by atoms with Crippen LogP contribution in [0, 0.1) is 11.6 Å². The third-order valence-electron chi connectivity index (χ3n) is 3.80. The second kappa shape index (κ2) is 6.40. The molecule has 0 amide bonds. The highest BCUT2D eigenvalue weighted by Gasteiger charge is 2.14. The number of aromatic nitrogens is 4. The van der Waals surface area contributed by atoms with Crippen LogP contribution in [0.3, 0.4) is 0 Å². The van der Waals surface area contributed by atoms with Gasteiger partial charge in [0.15, 0.2) is 28.9 Å². The lowest BCUT2D eigenvalue weighted by Gasteiger charge is -2.09. The SMILES string of the molecule is COc1cc(Nc2ccc3nnc(-c4ccccc4F)n3n2)ccc1F. The summed E-state index contributed by atoms with van der Waals surface area (Å²) in [6, 6.07) is 14.1. The van der Waals surface area contributed by atoms with Crippen molar-refractivity contribution in [2.24, 2.45) is 0 Å². The lowest BCUT2D eigenvalue weighted by atomic mass is 10.2. The molecular weight excluding hydrogens is 340 g/mol. The Morgan fingerprint density at radius 2 is 1.81 bits per heavy atom. The first-order valence-electron chi connectivity index (χ1n) is 7.73. The lowest BCUT2D eigenvalue weighted by Crippen LogP contribution is -2.01. The van der Waals surface area contributed by atoms with E-state index in [0.29, 0.717) is 28.5 Å². The molecule has 0 unspecified atom stereocenters. The summed E-state index contributed by atoms with van der Waals surface area (Å²) >= 11 is 0. The second-order valence-corrected chi connectivity index (χ2v) is 5.47. The zero-order valence-electron chi connectivity index (χ0n) is 13.6. The first-order valence-corrected chi connectivity index (χ1v) is 7.73. The van der Waals surface area contributed by atoms with Crippen molar-refractivity contribution in [1.82, 2.24) is 19.8 Å². The van der Waals surface area contributed by atoms with E-state index in [1.165, 1.54) is 29.8 Å². The van der Waals surface area contributed by atoms with Crippen LogP contribution in [0.2, 0.25) is 0 Å². The predicted octanol–water partition coefficient (Wildman–Crippen LogP) is 3.82. The number of benzene rings is 2. The normalized spacial score (nSPS) is 10.9. The van der Waals surface area contributed by atoms with E-state index in [1.54, 1.807) is 36.4 Å². The van der Waals surface area contributed by atoms with Crippen LogP contribution in [0.1, 0.15) is 0 Å². The largest absolute Gasteiger partial charge is 0.494 e. The molecule has 0 spiro atoms. The first-order chi connectivity index (χ1) is 12.7. The van der Waals surface area contributed by atoms with Gasteiger partial charge in [-0.15, -0.1) is 15.3 Å². The summed E-state index contributed by atoms with van der Waals surface area (Å²) in [6.07, 6.45) is 0. The highest BCUT2D eigenvalue weighted by atomic mass is 19.1. The van der Waals surface area contributed by atoms with Crippen molar-refractivity contribution in [3.63, 3.8) is 0 Å². The van der Waals surface area contributed by atoms with Gasteiger partial charge in [0.25, 0.3) is 0 Å². The van der Waals surface area contributed by atoms with Gasteiger partial charge in [-0.25, -0.2) is 8.78 Å². The van der Waals surface area contributed by atoms with E-state index in [2.05, 4.69) is 20.6 Å². The molecule has 26 heavy (non-hydrogen) atoms. The fourth-order valence-electron chi connectivity index (χ4n) is 2.55. The third kappa shape index (κ3) is 2.81. The Hall–Kier alpha value is -3.55. The molecule has 0 bridgehead atoms. The molecule has 0 aliphatic rings. The van der Waals surface area contributed by atoms with Crippen molar-refractivity contribution in [3.05, 3.63) is 66.2 Å². The maximum atomic E-state index is 14.1. The highest BCUT2D eigenvalue weighted by Crippen LogP contribution is 2.25. The summed E-state index contributed by atoms with van der Waals surface area (Å²) in [5.41, 5.74) is 1.37. The fourth-order valence-corrected chi connectivity index (χ4v) is 2.55. The number of methoxy groups -OCH3 is 1. The van der Waals surface area contributed by atoms with Gasteiger partial charge >= 0.3 is 0 Å². The van der Waals surface area contributed by atoms with Crippen molar-refractivity contribution in [2.75, 3.05) is 12.4 Å². The van der Waals surface area contributed by atoms with Crippen LogP contribution >= 0.6 is 0 Å². The molecule has 4 rings (SSSR count). The Morgan fingerprint density at radius 1 is 0.962 bits per heavy atom. The van der Waals surface area contributed by atoms with Gasteiger partial charge in [-0.3, -0.25) is 0 Å². The molecule has 4 aromatic rings. The third-order valence-corrected chi connectivity index (χ3v) is 3.80. The minimum Gasteiger partial charge on any atom is -0.494 e. The number of halogens is 2. The van der Waals surface area contributed by atoms with Crippen LogP contribution in [-0.2, 0) is 0 Å². The Bertz CT molecular complexity index is 1100. The van der Waals surface area contributed by atoms with Crippen LogP contribution in [0.15, 0.2) is 54.6 Å². The first kappa shape index (κ1) is 15.9. The van der Waals surface area contributed by atoms with Crippen LogP contribution in [-0.4, -0.2) is 26.9 Å². The van der Waals surface area contributed by atoms with E-state index in [9.17, 15) is 8.78 Å². The van der Waals surface area contributed by atoms with Crippen molar-refractivity contribution in [1.29, 1.82) is 0 Å². The van der Waals surface area contributed by atoms with Crippen LogP contribution in [0.5, 0.6) is 5.75 Å². The lowest BCUT2D eigenvalue weighted by molar-refractivity contribution is 0.387. The van der Waals surface area contributed by atoms with Gasteiger partial charge in [0.05, 0.1) is 12.7 Å². The Balaban J connectivity index is 1.74. The van der Waals surface area contributed by atoms with Crippen molar-refractivity contribution < 1.29 is 13.5 Å². The molecule has 2 aromatic carbocycles. The van der Waals surface area contributed by atoms with E-state index in [1.807, 2.05) is 0 Å². The van der Waals surface area contributed by atoms with Gasteiger partial charge in [-0.2, -0.15) is 4.52 Å². The topological polar surface area (TPSA) is 64.3 Å². The molecule has 0 aliphatic carbocycles. The molecule has 0 saturated heterocycles. The number of rotatable bonds is 4. The van der Waals surface area contributed by atoms with Gasteiger partial charge in [0, 0.05) is 11.8 Å². The quantitative estimate of drug-likeness (QED) is 0.604. The van der Waals surface area contributed by atoms with Crippen molar-refractivity contribution in [2.45, 2.75) is 0 Å². The number of nitrogens with zero attached hydrogens (tertiary/aromatic N) is 4. The second-order valence-electron chi connectivity index (χ2n) is 5.47. The highest BCUT2D eigenvalue weighted by molar-refractivity contribution is 5.62. The maximum Gasteiger partial charge on any atom is 0.188 e. The van der Waals surface area contributed by atoms with Crippen LogP contribution in [0.25, 0.3) is 17.0 Å². The molecule has 2 heterocycles. The van der Waals surface area contributed by atoms with E-state index < -0.39 is 11.6 Å². The average molecular weight is 353 g/mol. The Kier molecular flexibility index (Phi) is 3.92. The summed E-state index contributed by atoms with van der Waals surface area (Å²) < 4.78 is 34.0. The minimum atomic E-state index is -0.456. The molecule has 0 atom stereocenters. The fraction of sp³-hybridized carbons (Fsp3) is 0.0556. The Labute approximate surface area is 147 Å². The molecule has 0 fully saturated rings. The van der Waals surface area contributed by atoms with Gasteiger partial charge in [-0.1, -0.05) is 12.1 Å². The zero-order chi connectivity index (χ0) is 18.1. The van der Waals surface area contributed by atoms with Gasteiger partial charge in [0.1, 0.15) is 5.82 Å². The summed E-state index contributed by atoms with van der Waals surface area (Å²) in [7, 11) is 1.39. The molecular formula is C18H13F2N5O. The summed E-state index contributed by atoms with van der Waals surface area (Å²) in [5.74, 6) is 0.00162. The smallest absolute Gasteiger partial charge is 0.188 e. The van der Waals surface area contributed by atoms with E-state index in [0.717, 1.165) is 0 Å². The summed E-state index contributed by atoms with van der Waals surface area (Å²) in [5, 5.41) is 15.5. The van der Waals surface area contributed by atoms with Crippen LogP contribution < -0.4 is 10.1 Å². The number of ether oxygens (including phenoxy) is 1. The van der Waals surface area contributed by atoms with E-state index in [4.69, 9.17) is 4.74 Å². The molecule has 130 valence electrons. The number of nitrogens with one attached hydrogen (secondary N) is 1. The van der Waals surface area contributed by atoms with Gasteiger partial charge in [0.2, 0.25) is 0 Å². The van der Waals surface area contributed by atoms with E-state index in [-0.39, 0.29) is 5.75 Å². The molecule has 0 saturated carbocycles. The molecule has 2 aromatic heterocycles. The Morgan fingerprint density at radius 3 is 2.62 bits per heavy atom. The molecule has 8 heteroatoms. The molecule has 0 aliphatic heterocycles.